The van der Waals surface area contributed by atoms with Gasteiger partial charge in [-0.2, -0.15) is 0 Å². The second-order valence-electron chi connectivity index (χ2n) is 5.72. The number of para-hydroxylation sites is 3. The Hall–Kier alpha value is -3.67. The first kappa shape index (κ1) is 18.1. The first-order chi connectivity index (χ1) is 13.2. The fourth-order valence-electron chi connectivity index (χ4n) is 2.41. The molecule has 0 radical (unpaired) electrons. The van der Waals surface area contributed by atoms with Crippen molar-refractivity contribution in [3.63, 3.8) is 0 Å². The van der Waals surface area contributed by atoms with E-state index in [9.17, 15) is 4.79 Å². The highest BCUT2D eigenvalue weighted by Crippen LogP contribution is 2.29. The lowest BCUT2D eigenvalue weighted by atomic mass is 10.2. The molecule has 0 saturated carbocycles. The van der Waals surface area contributed by atoms with Crippen molar-refractivity contribution in [1.82, 2.24) is 9.97 Å². The number of aryl methyl sites for hydroxylation is 1. The van der Waals surface area contributed by atoms with E-state index in [4.69, 9.17) is 4.74 Å². The SMILES string of the molecule is C=CCNc1cc(C(=O)Nc2ccccc2Oc2ccccc2)nc(C)n1. The Morgan fingerprint density at radius 2 is 1.85 bits per heavy atom. The first-order valence-corrected chi connectivity index (χ1v) is 8.49. The topological polar surface area (TPSA) is 76.1 Å². The van der Waals surface area contributed by atoms with Gasteiger partial charge in [0.15, 0.2) is 5.75 Å². The highest BCUT2D eigenvalue weighted by molar-refractivity contribution is 6.04. The minimum absolute atomic E-state index is 0.267. The number of carbonyl (C=O) groups is 1. The van der Waals surface area contributed by atoms with Crippen LogP contribution in [0.2, 0.25) is 0 Å². The number of hydrogen-bond donors (Lipinski definition) is 2. The molecule has 0 saturated heterocycles. The van der Waals surface area contributed by atoms with Gasteiger partial charge >= 0.3 is 0 Å². The third-order valence-electron chi connectivity index (χ3n) is 3.60. The number of amides is 1. The summed E-state index contributed by atoms with van der Waals surface area (Å²) in [5.74, 6) is 1.97. The number of nitrogens with zero attached hydrogens (tertiary/aromatic N) is 2. The standard InChI is InChI=1S/C21H20N4O2/c1-3-13-22-20-14-18(23-15(2)24-20)21(26)25-17-11-7-8-12-19(17)27-16-9-5-4-6-10-16/h3-12,14H,1,13H2,2H3,(H,25,26)(H,22,23,24). The third kappa shape index (κ3) is 4.92. The zero-order chi connectivity index (χ0) is 19.1. The van der Waals surface area contributed by atoms with E-state index < -0.39 is 0 Å². The van der Waals surface area contributed by atoms with Gasteiger partial charge in [-0.05, 0) is 31.2 Å². The number of carbonyl (C=O) groups excluding carboxylic acids is 1. The van der Waals surface area contributed by atoms with Crippen molar-refractivity contribution in [2.45, 2.75) is 6.92 Å². The molecule has 0 atom stereocenters. The van der Waals surface area contributed by atoms with Crippen molar-refractivity contribution in [2.75, 3.05) is 17.2 Å². The quantitative estimate of drug-likeness (QED) is 0.610. The molecule has 0 aliphatic rings. The van der Waals surface area contributed by atoms with Crippen LogP contribution in [0, 0.1) is 6.92 Å². The Bertz CT molecular complexity index is 942. The summed E-state index contributed by atoms with van der Waals surface area (Å²) < 4.78 is 5.88. The second-order valence-corrected chi connectivity index (χ2v) is 5.72. The van der Waals surface area contributed by atoms with E-state index >= 15 is 0 Å². The molecule has 136 valence electrons. The van der Waals surface area contributed by atoms with Crippen molar-refractivity contribution >= 4 is 17.4 Å². The lowest BCUT2D eigenvalue weighted by Crippen LogP contribution is -2.16. The number of hydrogen-bond acceptors (Lipinski definition) is 5. The maximum Gasteiger partial charge on any atom is 0.274 e. The highest BCUT2D eigenvalue weighted by atomic mass is 16.5. The van der Waals surface area contributed by atoms with Crippen LogP contribution in [0.4, 0.5) is 11.5 Å². The molecule has 3 rings (SSSR count). The summed E-state index contributed by atoms with van der Waals surface area (Å²) >= 11 is 0. The molecular formula is C21H20N4O2. The molecule has 1 heterocycles. The number of nitrogens with one attached hydrogen (secondary N) is 2. The maximum atomic E-state index is 12.7. The summed E-state index contributed by atoms with van der Waals surface area (Å²) in [6.07, 6.45) is 1.72. The summed E-state index contributed by atoms with van der Waals surface area (Å²) in [5, 5.41) is 5.92. The summed E-state index contributed by atoms with van der Waals surface area (Å²) in [6, 6.07) is 18.2. The van der Waals surface area contributed by atoms with Gasteiger partial charge in [-0.15, -0.1) is 6.58 Å². The van der Waals surface area contributed by atoms with Gasteiger partial charge in [0, 0.05) is 12.6 Å². The van der Waals surface area contributed by atoms with Crippen molar-refractivity contribution in [2.24, 2.45) is 0 Å². The van der Waals surface area contributed by atoms with Gasteiger partial charge in [0.05, 0.1) is 5.69 Å². The lowest BCUT2D eigenvalue weighted by Gasteiger charge is -2.12. The maximum absolute atomic E-state index is 12.7. The molecule has 0 aliphatic carbocycles. The second kappa shape index (κ2) is 8.62. The summed E-state index contributed by atoms with van der Waals surface area (Å²) in [7, 11) is 0. The van der Waals surface area contributed by atoms with Crippen LogP contribution in [0.5, 0.6) is 11.5 Å². The Morgan fingerprint density at radius 1 is 1.11 bits per heavy atom. The average Bonchev–Trinajstić information content (AvgIpc) is 2.68. The first-order valence-electron chi connectivity index (χ1n) is 8.49. The normalized spacial score (nSPS) is 10.1. The number of aromatic nitrogens is 2. The van der Waals surface area contributed by atoms with Crippen LogP contribution >= 0.6 is 0 Å². The predicted octanol–water partition coefficient (Wildman–Crippen LogP) is 4.43. The third-order valence-corrected chi connectivity index (χ3v) is 3.60. The summed E-state index contributed by atoms with van der Waals surface area (Å²) in [6.45, 7) is 5.94. The molecule has 3 aromatic rings. The van der Waals surface area contributed by atoms with Crippen LogP contribution < -0.4 is 15.4 Å². The largest absolute Gasteiger partial charge is 0.455 e. The van der Waals surface area contributed by atoms with Crippen molar-refractivity contribution in [1.29, 1.82) is 0 Å². The molecular weight excluding hydrogens is 340 g/mol. The molecule has 1 amide bonds. The molecule has 2 aromatic carbocycles. The molecule has 0 aliphatic heterocycles. The molecule has 0 unspecified atom stereocenters. The average molecular weight is 360 g/mol. The van der Waals surface area contributed by atoms with Crippen LogP contribution in [-0.4, -0.2) is 22.4 Å². The number of benzene rings is 2. The van der Waals surface area contributed by atoms with E-state index in [-0.39, 0.29) is 11.6 Å². The molecule has 0 fully saturated rings. The Kier molecular flexibility index (Phi) is 5.79. The number of anilines is 2. The van der Waals surface area contributed by atoms with Gasteiger partial charge in [-0.1, -0.05) is 36.4 Å². The van der Waals surface area contributed by atoms with Crippen LogP contribution in [-0.2, 0) is 0 Å². The monoisotopic (exact) mass is 360 g/mol. The minimum Gasteiger partial charge on any atom is -0.455 e. The predicted molar refractivity (Wildman–Crippen MR) is 106 cm³/mol. The van der Waals surface area contributed by atoms with Gasteiger partial charge in [0.2, 0.25) is 0 Å². The van der Waals surface area contributed by atoms with E-state index in [2.05, 4.69) is 27.2 Å². The van der Waals surface area contributed by atoms with Crippen molar-refractivity contribution in [3.8, 4) is 11.5 Å². The molecule has 27 heavy (non-hydrogen) atoms. The van der Waals surface area contributed by atoms with E-state index in [1.165, 1.54) is 0 Å². The Balaban J connectivity index is 1.80. The van der Waals surface area contributed by atoms with Gasteiger partial charge in [0.25, 0.3) is 5.91 Å². The van der Waals surface area contributed by atoms with E-state index in [0.717, 1.165) is 0 Å². The molecule has 6 heteroatoms. The van der Waals surface area contributed by atoms with Gasteiger partial charge < -0.3 is 15.4 Å². The van der Waals surface area contributed by atoms with E-state index in [0.29, 0.717) is 35.4 Å². The molecule has 0 bridgehead atoms. The highest BCUT2D eigenvalue weighted by Gasteiger charge is 2.13. The van der Waals surface area contributed by atoms with E-state index in [1.807, 2.05) is 42.5 Å². The Labute approximate surface area is 157 Å². The summed E-state index contributed by atoms with van der Waals surface area (Å²) in [4.78, 5) is 21.2. The van der Waals surface area contributed by atoms with Gasteiger partial charge in [0.1, 0.15) is 23.1 Å². The smallest absolute Gasteiger partial charge is 0.274 e. The minimum atomic E-state index is -0.341. The zero-order valence-electron chi connectivity index (χ0n) is 15.0. The summed E-state index contributed by atoms with van der Waals surface area (Å²) in [5.41, 5.74) is 0.826. The molecule has 6 nitrogen and oxygen atoms in total. The molecule has 2 N–H and O–H groups in total. The van der Waals surface area contributed by atoms with Gasteiger partial charge in [-0.3, -0.25) is 4.79 Å². The van der Waals surface area contributed by atoms with Crippen molar-refractivity contribution < 1.29 is 9.53 Å². The fraction of sp³-hybridized carbons (Fsp3) is 0.0952. The fourth-order valence-corrected chi connectivity index (χ4v) is 2.41. The molecule has 1 aromatic heterocycles. The Morgan fingerprint density at radius 3 is 2.63 bits per heavy atom. The van der Waals surface area contributed by atoms with Gasteiger partial charge in [-0.25, -0.2) is 9.97 Å². The number of rotatable bonds is 7. The number of ether oxygens (including phenoxy) is 1. The van der Waals surface area contributed by atoms with Crippen LogP contribution in [0.15, 0.2) is 73.3 Å². The van der Waals surface area contributed by atoms with Crippen LogP contribution in [0.3, 0.4) is 0 Å². The van der Waals surface area contributed by atoms with Crippen LogP contribution in [0.1, 0.15) is 16.3 Å². The molecule has 0 spiro atoms. The van der Waals surface area contributed by atoms with E-state index in [1.54, 1.807) is 31.2 Å². The van der Waals surface area contributed by atoms with Crippen molar-refractivity contribution in [3.05, 3.63) is 84.8 Å². The zero-order valence-corrected chi connectivity index (χ0v) is 15.0. The lowest BCUT2D eigenvalue weighted by molar-refractivity contribution is 0.102. The van der Waals surface area contributed by atoms with Crippen LogP contribution in [0.25, 0.3) is 0 Å².